The van der Waals surface area contributed by atoms with E-state index in [4.69, 9.17) is 0 Å². The molecule has 0 unspecified atom stereocenters. The van der Waals surface area contributed by atoms with Crippen molar-refractivity contribution in [2.45, 2.75) is 34.2 Å². The third-order valence-electron chi connectivity index (χ3n) is 3.23. The highest BCUT2D eigenvalue weighted by Gasteiger charge is 2.05. The number of nitrogens with one attached hydrogen (secondary N) is 3. The van der Waals surface area contributed by atoms with Crippen molar-refractivity contribution in [2.75, 3.05) is 19.6 Å². The molecular weight excluding hydrogens is 295 g/mol. The minimum Gasteiger partial charge on any atom is -0.357 e. The van der Waals surface area contributed by atoms with Crippen LogP contribution in [0.5, 0.6) is 0 Å². The zero-order chi connectivity index (χ0) is 17.2. The van der Waals surface area contributed by atoms with Crippen LogP contribution in [0.25, 0.3) is 0 Å². The van der Waals surface area contributed by atoms with E-state index in [2.05, 4.69) is 20.9 Å². The summed E-state index contributed by atoms with van der Waals surface area (Å²) in [5.74, 6) is 0.492. The van der Waals surface area contributed by atoms with Crippen LogP contribution < -0.4 is 16.0 Å². The van der Waals surface area contributed by atoms with Crippen molar-refractivity contribution >= 4 is 11.9 Å². The molecule has 5 nitrogen and oxygen atoms in total. The highest BCUT2D eigenvalue weighted by Crippen LogP contribution is 2.09. The van der Waals surface area contributed by atoms with Gasteiger partial charge in [0.1, 0.15) is 5.82 Å². The van der Waals surface area contributed by atoms with E-state index in [1.165, 1.54) is 6.07 Å². The zero-order valence-corrected chi connectivity index (χ0v) is 14.4. The number of halogens is 1. The molecule has 0 saturated heterocycles. The first-order valence-electron chi connectivity index (χ1n) is 7.99. The number of benzene rings is 1. The van der Waals surface area contributed by atoms with Crippen LogP contribution in [-0.2, 0) is 11.3 Å². The quantitative estimate of drug-likeness (QED) is 0.408. The lowest BCUT2D eigenvalue weighted by molar-refractivity contribution is -0.123. The number of aryl methyl sites for hydroxylation is 1. The SMILES string of the molecule is CCNC(=NCc1ccc(F)c(C)c1)NCCNC(=O)C(C)C. The van der Waals surface area contributed by atoms with E-state index in [0.717, 1.165) is 12.1 Å². The van der Waals surface area contributed by atoms with Gasteiger partial charge in [0.05, 0.1) is 6.54 Å². The van der Waals surface area contributed by atoms with Gasteiger partial charge in [0.15, 0.2) is 5.96 Å². The molecule has 1 rings (SSSR count). The summed E-state index contributed by atoms with van der Waals surface area (Å²) in [6.07, 6.45) is 0. The first kappa shape index (κ1) is 18.9. The minimum absolute atomic E-state index is 0.0152. The number of carbonyl (C=O) groups is 1. The van der Waals surface area contributed by atoms with Crippen molar-refractivity contribution in [2.24, 2.45) is 10.9 Å². The third-order valence-corrected chi connectivity index (χ3v) is 3.23. The fourth-order valence-corrected chi connectivity index (χ4v) is 1.89. The molecular formula is C17H27FN4O. The van der Waals surface area contributed by atoms with Crippen LogP contribution in [0.2, 0.25) is 0 Å². The van der Waals surface area contributed by atoms with Gasteiger partial charge in [-0.05, 0) is 31.0 Å². The van der Waals surface area contributed by atoms with Gasteiger partial charge in [-0.1, -0.05) is 26.0 Å². The predicted molar refractivity (Wildman–Crippen MR) is 91.8 cm³/mol. The number of carbonyl (C=O) groups excluding carboxylic acids is 1. The lowest BCUT2D eigenvalue weighted by Crippen LogP contribution is -2.42. The number of aliphatic imine (C=N–C) groups is 1. The average Bonchev–Trinajstić information content (AvgIpc) is 2.51. The molecule has 128 valence electrons. The topological polar surface area (TPSA) is 65.5 Å². The van der Waals surface area contributed by atoms with Crippen molar-refractivity contribution in [3.8, 4) is 0 Å². The standard InChI is InChI=1S/C17H27FN4O/c1-5-19-17(21-9-8-20-16(23)12(2)3)22-11-14-6-7-15(18)13(4)10-14/h6-7,10,12H,5,8-9,11H2,1-4H3,(H,20,23)(H2,19,21,22). The Balaban J connectivity index is 2.49. The Morgan fingerprint density at radius 3 is 2.52 bits per heavy atom. The fourth-order valence-electron chi connectivity index (χ4n) is 1.89. The summed E-state index contributed by atoms with van der Waals surface area (Å²) >= 11 is 0. The van der Waals surface area contributed by atoms with Gasteiger partial charge in [-0.2, -0.15) is 0 Å². The molecule has 1 aromatic rings. The molecule has 0 atom stereocenters. The molecule has 6 heteroatoms. The first-order chi connectivity index (χ1) is 10.9. The molecule has 1 amide bonds. The molecule has 0 aliphatic rings. The Bertz CT molecular complexity index is 543. The largest absolute Gasteiger partial charge is 0.357 e. The molecule has 0 bridgehead atoms. The monoisotopic (exact) mass is 322 g/mol. The van der Waals surface area contributed by atoms with Gasteiger partial charge in [0.2, 0.25) is 5.91 Å². The summed E-state index contributed by atoms with van der Waals surface area (Å²) in [5.41, 5.74) is 1.57. The Morgan fingerprint density at radius 2 is 1.91 bits per heavy atom. The average molecular weight is 322 g/mol. The molecule has 23 heavy (non-hydrogen) atoms. The molecule has 0 aliphatic carbocycles. The number of hydrogen-bond acceptors (Lipinski definition) is 2. The third kappa shape index (κ3) is 7.13. The molecule has 0 aromatic heterocycles. The maximum Gasteiger partial charge on any atom is 0.222 e. The zero-order valence-electron chi connectivity index (χ0n) is 14.4. The van der Waals surface area contributed by atoms with Crippen molar-refractivity contribution in [3.05, 3.63) is 35.1 Å². The molecule has 3 N–H and O–H groups in total. The van der Waals surface area contributed by atoms with Crippen molar-refractivity contribution in [3.63, 3.8) is 0 Å². The van der Waals surface area contributed by atoms with Crippen LogP contribution in [0.4, 0.5) is 4.39 Å². The van der Waals surface area contributed by atoms with Gasteiger partial charge in [0.25, 0.3) is 0 Å². The first-order valence-corrected chi connectivity index (χ1v) is 7.99. The normalized spacial score (nSPS) is 11.5. The summed E-state index contributed by atoms with van der Waals surface area (Å²) in [6.45, 7) is 9.78. The summed E-state index contributed by atoms with van der Waals surface area (Å²) < 4.78 is 13.3. The number of rotatable bonds is 7. The number of guanidine groups is 1. The second kappa shape index (κ2) is 9.82. The second-order valence-corrected chi connectivity index (χ2v) is 5.65. The van der Waals surface area contributed by atoms with Crippen molar-refractivity contribution < 1.29 is 9.18 Å². The van der Waals surface area contributed by atoms with E-state index in [1.807, 2.05) is 20.8 Å². The smallest absolute Gasteiger partial charge is 0.222 e. The Kier molecular flexibility index (Phi) is 8.08. The summed E-state index contributed by atoms with van der Waals surface area (Å²) in [5, 5.41) is 9.14. The fraction of sp³-hybridized carbons (Fsp3) is 0.529. The van der Waals surface area contributed by atoms with Crippen LogP contribution in [0, 0.1) is 18.7 Å². The predicted octanol–water partition coefficient (Wildman–Crippen LogP) is 1.96. The number of nitrogens with zero attached hydrogens (tertiary/aromatic N) is 1. The highest BCUT2D eigenvalue weighted by atomic mass is 19.1. The molecule has 0 saturated carbocycles. The van der Waals surface area contributed by atoms with Gasteiger partial charge in [0, 0.05) is 25.6 Å². The number of amides is 1. The minimum atomic E-state index is -0.205. The maximum absolute atomic E-state index is 13.3. The summed E-state index contributed by atoms with van der Waals surface area (Å²) in [4.78, 5) is 15.9. The number of hydrogen-bond donors (Lipinski definition) is 3. The van der Waals surface area contributed by atoms with Crippen molar-refractivity contribution in [1.82, 2.24) is 16.0 Å². The Hall–Kier alpha value is -2.11. The molecule has 0 radical (unpaired) electrons. The van der Waals surface area contributed by atoms with E-state index in [0.29, 0.717) is 31.2 Å². The van der Waals surface area contributed by atoms with Crippen LogP contribution >= 0.6 is 0 Å². The highest BCUT2D eigenvalue weighted by molar-refractivity contribution is 5.80. The summed E-state index contributed by atoms with van der Waals surface area (Å²) in [7, 11) is 0. The Morgan fingerprint density at radius 1 is 1.22 bits per heavy atom. The van der Waals surface area contributed by atoms with Crippen molar-refractivity contribution in [1.29, 1.82) is 0 Å². The molecule has 0 fully saturated rings. The van der Waals surface area contributed by atoms with Gasteiger partial charge in [-0.25, -0.2) is 9.38 Å². The van der Waals surface area contributed by atoms with Crippen LogP contribution in [-0.4, -0.2) is 31.5 Å². The van der Waals surface area contributed by atoms with E-state index >= 15 is 0 Å². The van der Waals surface area contributed by atoms with Crippen LogP contribution in [0.1, 0.15) is 31.9 Å². The Labute approximate surface area is 137 Å². The van der Waals surface area contributed by atoms with Crippen LogP contribution in [0.3, 0.4) is 0 Å². The summed E-state index contributed by atoms with van der Waals surface area (Å²) in [6, 6.07) is 4.99. The molecule has 0 aliphatic heterocycles. The van der Waals surface area contributed by atoms with Gasteiger partial charge < -0.3 is 16.0 Å². The molecule has 0 heterocycles. The van der Waals surface area contributed by atoms with E-state index < -0.39 is 0 Å². The van der Waals surface area contributed by atoms with Gasteiger partial charge in [-0.15, -0.1) is 0 Å². The molecule has 1 aromatic carbocycles. The van der Waals surface area contributed by atoms with Gasteiger partial charge >= 0.3 is 0 Å². The van der Waals surface area contributed by atoms with Crippen LogP contribution in [0.15, 0.2) is 23.2 Å². The lowest BCUT2D eigenvalue weighted by Gasteiger charge is -2.12. The van der Waals surface area contributed by atoms with Gasteiger partial charge in [-0.3, -0.25) is 4.79 Å². The van der Waals surface area contributed by atoms with E-state index in [1.54, 1.807) is 19.1 Å². The maximum atomic E-state index is 13.3. The second-order valence-electron chi connectivity index (χ2n) is 5.65. The van der Waals surface area contributed by atoms with E-state index in [9.17, 15) is 9.18 Å². The lowest BCUT2D eigenvalue weighted by atomic mass is 10.1. The molecule has 0 spiro atoms. The van der Waals surface area contributed by atoms with E-state index in [-0.39, 0.29) is 17.6 Å².